The smallest absolute Gasteiger partial charge is 0.220 e. The number of hydrogen-bond acceptors (Lipinski definition) is 3. The first-order chi connectivity index (χ1) is 11.8. The fraction of sp³-hybridized carbons (Fsp3) is 0.450. The van der Waals surface area contributed by atoms with Gasteiger partial charge in [0.05, 0.1) is 7.11 Å². The molecule has 1 fully saturated rings. The highest BCUT2D eigenvalue weighted by Gasteiger charge is 2.15. The number of carbonyl (C=O) groups excluding carboxylic acids is 1. The zero-order valence-corrected chi connectivity index (χ0v) is 15.5. The van der Waals surface area contributed by atoms with Crippen LogP contribution in [-0.2, 0) is 11.3 Å². The third-order valence-electron chi connectivity index (χ3n) is 4.92. The summed E-state index contributed by atoms with van der Waals surface area (Å²) in [5, 5.41) is 8.73. The average molecular weight is 363 g/mol. The lowest BCUT2D eigenvalue weighted by atomic mass is 9.93. The van der Waals surface area contributed by atoms with Gasteiger partial charge in [-0.15, -0.1) is 12.4 Å². The van der Waals surface area contributed by atoms with Gasteiger partial charge in [0, 0.05) is 18.5 Å². The van der Waals surface area contributed by atoms with Crippen LogP contribution in [0.25, 0.3) is 10.8 Å². The van der Waals surface area contributed by atoms with E-state index >= 15 is 0 Å². The van der Waals surface area contributed by atoms with Gasteiger partial charge in [0.25, 0.3) is 0 Å². The Morgan fingerprint density at radius 3 is 2.72 bits per heavy atom. The van der Waals surface area contributed by atoms with Crippen LogP contribution in [0.2, 0.25) is 0 Å². The van der Waals surface area contributed by atoms with Gasteiger partial charge in [-0.05, 0) is 55.1 Å². The fourth-order valence-electron chi connectivity index (χ4n) is 3.47. The van der Waals surface area contributed by atoms with Crippen molar-refractivity contribution in [3.63, 3.8) is 0 Å². The Bertz CT molecular complexity index is 699. The van der Waals surface area contributed by atoms with E-state index in [-0.39, 0.29) is 18.3 Å². The Labute approximate surface area is 155 Å². The summed E-state index contributed by atoms with van der Waals surface area (Å²) in [4.78, 5) is 12.2. The maximum Gasteiger partial charge on any atom is 0.220 e. The lowest BCUT2D eigenvalue weighted by Gasteiger charge is -2.22. The molecule has 1 aliphatic heterocycles. The lowest BCUT2D eigenvalue weighted by molar-refractivity contribution is -0.121. The highest BCUT2D eigenvalue weighted by atomic mass is 35.5. The van der Waals surface area contributed by atoms with Crippen LogP contribution in [0.1, 0.15) is 31.2 Å². The van der Waals surface area contributed by atoms with Crippen LogP contribution in [0.3, 0.4) is 0 Å². The molecule has 0 bridgehead atoms. The van der Waals surface area contributed by atoms with E-state index in [1.807, 2.05) is 18.2 Å². The predicted octanol–water partition coefficient (Wildman–Crippen LogP) is 3.67. The molecule has 1 heterocycles. The van der Waals surface area contributed by atoms with Crippen molar-refractivity contribution < 1.29 is 9.53 Å². The molecule has 1 amide bonds. The van der Waals surface area contributed by atoms with E-state index in [1.54, 1.807) is 7.11 Å². The molecular weight excluding hydrogens is 336 g/mol. The maximum atomic E-state index is 12.2. The molecule has 0 unspecified atom stereocenters. The number of piperidine rings is 1. The van der Waals surface area contributed by atoms with Crippen molar-refractivity contribution in [3.05, 3.63) is 42.0 Å². The van der Waals surface area contributed by atoms with Gasteiger partial charge in [0.2, 0.25) is 5.91 Å². The molecule has 1 aliphatic rings. The van der Waals surface area contributed by atoms with Crippen LogP contribution in [0.4, 0.5) is 0 Å². The molecule has 0 aromatic heterocycles. The number of carbonyl (C=O) groups is 1. The minimum Gasteiger partial charge on any atom is -0.496 e. The van der Waals surface area contributed by atoms with E-state index in [0.717, 1.165) is 41.6 Å². The number of fused-ring (bicyclic) bond motifs is 1. The van der Waals surface area contributed by atoms with Crippen molar-refractivity contribution in [1.29, 1.82) is 0 Å². The monoisotopic (exact) mass is 362 g/mol. The minimum atomic E-state index is 0. The van der Waals surface area contributed by atoms with E-state index < -0.39 is 0 Å². The molecule has 2 aromatic rings. The maximum absolute atomic E-state index is 12.2. The van der Waals surface area contributed by atoms with Gasteiger partial charge in [-0.3, -0.25) is 4.79 Å². The number of halogens is 1. The van der Waals surface area contributed by atoms with E-state index in [2.05, 4.69) is 28.8 Å². The SMILES string of the molecule is COc1ccc2ccccc2c1CNC(=O)CCC1CCNCC1.Cl. The number of hydrogen-bond donors (Lipinski definition) is 2. The second-order valence-electron chi connectivity index (χ2n) is 6.48. The summed E-state index contributed by atoms with van der Waals surface area (Å²) < 4.78 is 5.48. The fourth-order valence-corrected chi connectivity index (χ4v) is 3.47. The first kappa shape index (κ1) is 19.5. The first-order valence-electron chi connectivity index (χ1n) is 8.80. The summed E-state index contributed by atoms with van der Waals surface area (Å²) in [6.45, 7) is 2.68. The Kier molecular flexibility index (Phi) is 7.53. The van der Waals surface area contributed by atoms with Crippen LogP contribution in [-0.4, -0.2) is 26.1 Å². The molecule has 136 valence electrons. The Morgan fingerprint density at radius 2 is 1.96 bits per heavy atom. The molecule has 2 N–H and O–H groups in total. The summed E-state index contributed by atoms with van der Waals surface area (Å²) in [7, 11) is 1.67. The zero-order valence-electron chi connectivity index (χ0n) is 14.7. The van der Waals surface area contributed by atoms with E-state index in [0.29, 0.717) is 18.9 Å². The molecule has 5 heteroatoms. The van der Waals surface area contributed by atoms with Gasteiger partial charge >= 0.3 is 0 Å². The van der Waals surface area contributed by atoms with Crippen molar-refractivity contribution in [2.75, 3.05) is 20.2 Å². The van der Waals surface area contributed by atoms with Crippen LogP contribution in [0, 0.1) is 5.92 Å². The van der Waals surface area contributed by atoms with E-state index in [9.17, 15) is 4.79 Å². The molecule has 3 rings (SSSR count). The summed E-state index contributed by atoms with van der Waals surface area (Å²) in [6.07, 6.45) is 3.97. The summed E-state index contributed by atoms with van der Waals surface area (Å²) in [5.74, 6) is 1.64. The van der Waals surface area contributed by atoms with Gasteiger partial charge in [-0.25, -0.2) is 0 Å². The molecule has 1 saturated heterocycles. The molecular formula is C20H27ClN2O2. The van der Waals surface area contributed by atoms with Gasteiger partial charge in [0.15, 0.2) is 0 Å². The third kappa shape index (κ3) is 5.10. The molecule has 0 radical (unpaired) electrons. The molecule has 0 spiro atoms. The topological polar surface area (TPSA) is 50.4 Å². The van der Waals surface area contributed by atoms with Crippen molar-refractivity contribution in [3.8, 4) is 5.75 Å². The van der Waals surface area contributed by atoms with Crippen molar-refractivity contribution in [1.82, 2.24) is 10.6 Å². The second kappa shape index (κ2) is 9.64. The molecule has 0 saturated carbocycles. The summed E-state index contributed by atoms with van der Waals surface area (Å²) in [6, 6.07) is 12.2. The van der Waals surface area contributed by atoms with Crippen molar-refractivity contribution >= 4 is 29.1 Å². The Morgan fingerprint density at radius 1 is 1.20 bits per heavy atom. The van der Waals surface area contributed by atoms with Gasteiger partial charge in [-0.1, -0.05) is 30.3 Å². The second-order valence-corrected chi connectivity index (χ2v) is 6.48. The van der Waals surface area contributed by atoms with Gasteiger partial charge in [0.1, 0.15) is 5.75 Å². The number of benzene rings is 2. The normalized spacial score (nSPS) is 14.8. The first-order valence-corrected chi connectivity index (χ1v) is 8.80. The zero-order chi connectivity index (χ0) is 16.8. The highest BCUT2D eigenvalue weighted by molar-refractivity contribution is 5.88. The minimum absolute atomic E-state index is 0. The largest absolute Gasteiger partial charge is 0.496 e. The predicted molar refractivity (Wildman–Crippen MR) is 104 cm³/mol. The number of nitrogens with one attached hydrogen (secondary N) is 2. The Hall–Kier alpha value is -1.78. The number of ether oxygens (including phenoxy) is 1. The number of rotatable bonds is 6. The van der Waals surface area contributed by atoms with Gasteiger partial charge < -0.3 is 15.4 Å². The summed E-state index contributed by atoms with van der Waals surface area (Å²) >= 11 is 0. The van der Waals surface area contributed by atoms with Gasteiger partial charge in [-0.2, -0.15) is 0 Å². The molecule has 0 atom stereocenters. The number of amides is 1. The van der Waals surface area contributed by atoms with Crippen molar-refractivity contribution in [2.45, 2.75) is 32.2 Å². The molecule has 2 aromatic carbocycles. The molecule has 4 nitrogen and oxygen atoms in total. The third-order valence-corrected chi connectivity index (χ3v) is 4.92. The molecule has 25 heavy (non-hydrogen) atoms. The van der Waals surface area contributed by atoms with E-state index in [1.165, 1.54) is 12.8 Å². The summed E-state index contributed by atoms with van der Waals surface area (Å²) in [5.41, 5.74) is 1.05. The van der Waals surface area contributed by atoms with Crippen molar-refractivity contribution in [2.24, 2.45) is 5.92 Å². The quantitative estimate of drug-likeness (QED) is 0.824. The van der Waals surface area contributed by atoms with Crippen LogP contribution < -0.4 is 15.4 Å². The van der Waals surface area contributed by atoms with E-state index in [4.69, 9.17) is 4.74 Å². The van der Waals surface area contributed by atoms with Crippen LogP contribution in [0.15, 0.2) is 36.4 Å². The average Bonchev–Trinajstić information content (AvgIpc) is 2.65. The van der Waals surface area contributed by atoms with Crippen LogP contribution >= 0.6 is 12.4 Å². The number of methoxy groups -OCH3 is 1. The standard InChI is InChI=1S/C20H26N2O2.ClH/c1-24-19-8-7-16-4-2-3-5-17(16)18(19)14-22-20(23)9-6-15-10-12-21-13-11-15;/h2-5,7-8,15,21H,6,9-14H2,1H3,(H,22,23);1H. The highest BCUT2D eigenvalue weighted by Crippen LogP contribution is 2.27. The lowest BCUT2D eigenvalue weighted by Crippen LogP contribution is -2.29. The van der Waals surface area contributed by atoms with Crippen LogP contribution in [0.5, 0.6) is 5.75 Å². The Balaban J connectivity index is 0.00000225. The molecule has 0 aliphatic carbocycles.